The Bertz CT molecular complexity index is 1180. The van der Waals surface area contributed by atoms with Gasteiger partial charge in [-0.25, -0.2) is 13.8 Å². The van der Waals surface area contributed by atoms with E-state index < -0.39 is 41.7 Å². The summed E-state index contributed by atoms with van der Waals surface area (Å²) in [5.74, 6) is 4.01. The molecule has 3 aromatic rings. The molecule has 0 radical (unpaired) electrons. The maximum atomic E-state index is 14.6. The molecule has 0 aliphatic carbocycles. The van der Waals surface area contributed by atoms with Gasteiger partial charge in [0, 0.05) is 18.0 Å². The second-order valence-electron chi connectivity index (χ2n) is 7.94. The third-order valence-electron chi connectivity index (χ3n) is 5.45. The van der Waals surface area contributed by atoms with E-state index in [9.17, 15) is 24.1 Å². The van der Waals surface area contributed by atoms with Gasteiger partial charge in [-0.05, 0) is 42.3 Å². The summed E-state index contributed by atoms with van der Waals surface area (Å²) < 4.78 is 41.1. The molecular formula is C25H24F2N2O5. The molecule has 1 unspecified atom stereocenters. The molecule has 1 fully saturated rings. The molecule has 0 spiro atoms. The van der Waals surface area contributed by atoms with Gasteiger partial charge in [-0.3, -0.25) is 0 Å². The van der Waals surface area contributed by atoms with Crippen LogP contribution in [0.4, 0.5) is 8.78 Å². The van der Waals surface area contributed by atoms with Crippen molar-refractivity contribution in [1.29, 1.82) is 0 Å². The second-order valence-corrected chi connectivity index (χ2v) is 7.94. The van der Waals surface area contributed by atoms with Crippen molar-refractivity contribution in [2.24, 2.45) is 0 Å². The molecule has 9 heteroatoms. The first kappa shape index (κ1) is 23.9. The van der Waals surface area contributed by atoms with Crippen LogP contribution in [0.1, 0.15) is 30.5 Å². The van der Waals surface area contributed by atoms with Gasteiger partial charge in [0.25, 0.3) is 0 Å². The predicted molar refractivity (Wildman–Crippen MR) is 119 cm³/mol. The van der Waals surface area contributed by atoms with Crippen LogP contribution >= 0.6 is 0 Å². The Morgan fingerprint density at radius 1 is 1.18 bits per heavy atom. The van der Waals surface area contributed by atoms with Crippen molar-refractivity contribution < 1.29 is 33.6 Å². The molecule has 2 heterocycles. The SMILES string of the molecule is C[C@H](O)c1nccn1[C@@H](C#Cc1ccc(-c2cc(F)c(OC3COC[C@H]3O)c(F)c2)cc1)CO. The molecule has 4 rings (SSSR count). The van der Waals surface area contributed by atoms with Crippen LogP contribution in [0.2, 0.25) is 0 Å². The molecule has 0 amide bonds. The zero-order valence-electron chi connectivity index (χ0n) is 18.4. The molecule has 1 aliphatic heterocycles. The van der Waals surface area contributed by atoms with Crippen LogP contribution < -0.4 is 4.74 Å². The monoisotopic (exact) mass is 470 g/mol. The number of imidazole rings is 1. The van der Waals surface area contributed by atoms with Gasteiger partial charge in [-0.2, -0.15) is 0 Å². The third kappa shape index (κ3) is 5.11. The Kier molecular flexibility index (Phi) is 7.24. The first-order chi connectivity index (χ1) is 16.4. The molecular weight excluding hydrogens is 446 g/mol. The summed E-state index contributed by atoms with van der Waals surface area (Å²) in [5, 5.41) is 29.3. The van der Waals surface area contributed by atoms with Gasteiger partial charge in [-0.1, -0.05) is 24.0 Å². The summed E-state index contributed by atoms with van der Waals surface area (Å²) in [5.41, 5.74) is 1.53. The van der Waals surface area contributed by atoms with Crippen LogP contribution in [0.5, 0.6) is 5.75 Å². The van der Waals surface area contributed by atoms with E-state index in [0.717, 1.165) is 0 Å². The van der Waals surface area contributed by atoms with Crippen LogP contribution in [0.25, 0.3) is 11.1 Å². The van der Waals surface area contributed by atoms with Crippen LogP contribution in [0.15, 0.2) is 48.8 Å². The van der Waals surface area contributed by atoms with Crippen LogP contribution in [-0.4, -0.2) is 56.9 Å². The minimum absolute atomic E-state index is 0.0582. The molecule has 7 nitrogen and oxygen atoms in total. The van der Waals surface area contributed by atoms with Crippen molar-refractivity contribution in [3.8, 4) is 28.7 Å². The number of benzene rings is 2. The molecule has 1 aliphatic rings. The van der Waals surface area contributed by atoms with Gasteiger partial charge in [0.05, 0.1) is 19.8 Å². The second kappa shape index (κ2) is 10.3. The normalized spacial score (nSPS) is 19.4. The Balaban J connectivity index is 1.51. The standard InChI is InChI=1S/C25H24F2N2O5/c1-15(31)25-28-8-9-29(25)19(12-30)7-4-16-2-5-17(6-3-16)18-10-20(26)24(21(27)11-18)34-23-14-33-13-22(23)32/h2-3,5-6,8-11,15,19,22-23,30-32H,12-14H2,1H3/t15-,19-,22+,23?/m0/s1. The molecule has 0 saturated carbocycles. The lowest BCUT2D eigenvalue weighted by Gasteiger charge is -2.17. The number of halogens is 2. The molecule has 0 bridgehead atoms. The quantitative estimate of drug-likeness (QED) is 0.480. The zero-order valence-corrected chi connectivity index (χ0v) is 18.4. The van der Waals surface area contributed by atoms with E-state index in [1.807, 2.05) is 0 Å². The van der Waals surface area contributed by atoms with E-state index in [1.165, 1.54) is 18.3 Å². The maximum Gasteiger partial charge on any atom is 0.191 e. The average Bonchev–Trinajstić information content (AvgIpc) is 3.46. The predicted octanol–water partition coefficient (Wildman–Crippen LogP) is 2.61. The van der Waals surface area contributed by atoms with E-state index in [1.54, 1.807) is 42.0 Å². The summed E-state index contributed by atoms with van der Waals surface area (Å²) in [6.07, 6.45) is 0.593. The van der Waals surface area contributed by atoms with Gasteiger partial charge in [0.1, 0.15) is 24.1 Å². The number of nitrogens with zero attached hydrogens (tertiary/aromatic N) is 2. The lowest BCUT2D eigenvalue weighted by molar-refractivity contribution is 0.0680. The van der Waals surface area contributed by atoms with Crippen LogP contribution in [-0.2, 0) is 4.74 Å². The van der Waals surface area contributed by atoms with Gasteiger partial charge in [0.2, 0.25) is 0 Å². The Morgan fingerprint density at radius 2 is 1.88 bits per heavy atom. The molecule has 3 N–H and O–H groups in total. The highest BCUT2D eigenvalue weighted by molar-refractivity contribution is 5.65. The first-order valence-corrected chi connectivity index (χ1v) is 10.7. The van der Waals surface area contributed by atoms with Crippen molar-refractivity contribution in [2.45, 2.75) is 31.3 Å². The van der Waals surface area contributed by atoms with Crippen molar-refractivity contribution in [3.05, 3.63) is 71.8 Å². The Hall–Kier alpha value is -3.29. The summed E-state index contributed by atoms with van der Waals surface area (Å²) in [6.45, 7) is 1.43. The van der Waals surface area contributed by atoms with Crippen molar-refractivity contribution >= 4 is 0 Å². The third-order valence-corrected chi connectivity index (χ3v) is 5.45. The van der Waals surface area contributed by atoms with Gasteiger partial charge in [-0.15, -0.1) is 0 Å². The minimum atomic E-state index is -0.940. The van der Waals surface area contributed by atoms with E-state index in [-0.39, 0.29) is 19.8 Å². The molecule has 2 aromatic carbocycles. The number of aromatic nitrogens is 2. The summed E-state index contributed by atoms with van der Waals surface area (Å²) in [4.78, 5) is 4.08. The lowest BCUT2D eigenvalue weighted by Crippen LogP contribution is -2.30. The first-order valence-electron chi connectivity index (χ1n) is 10.7. The molecule has 1 aromatic heterocycles. The summed E-state index contributed by atoms with van der Waals surface area (Å²) >= 11 is 0. The molecule has 4 atom stereocenters. The fraction of sp³-hybridized carbons (Fsp3) is 0.320. The number of ether oxygens (including phenoxy) is 2. The fourth-order valence-corrected chi connectivity index (χ4v) is 3.65. The highest BCUT2D eigenvalue weighted by atomic mass is 19.1. The zero-order chi connectivity index (χ0) is 24.2. The molecule has 178 valence electrons. The van der Waals surface area contributed by atoms with Gasteiger partial charge >= 0.3 is 0 Å². The van der Waals surface area contributed by atoms with Gasteiger partial charge < -0.3 is 29.4 Å². The largest absolute Gasteiger partial charge is 0.479 e. The molecule has 1 saturated heterocycles. The number of aliphatic hydroxyl groups excluding tert-OH is 3. The van der Waals surface area contributed by atoms with Crippen LogP contribution in [0.3, 0.4) is 0 Å². The maximum absolute atomic E-state index is 14.6. The Morgan fingerprint density at radius 3 is 2.47 bits per heavy atom. The average molecular weight is 470 g/mol. The summed E-state index contributed by atoms with van der Waals surface area (Å²) in [6, 6.07) is 8.50. The fourth-order valence-electron chi connectivity index (χ4n) is 3.65. The smallest absolute Gasteiger partial charge is 0.191 e. The number of hydrogen-bond acceptors (Lipinski definition) is 6. The highest BCUT2D eigenvalue weighted by Crippen LogP contribution is 2.31. The van der Waals surface area contributed by atoms with Crippen molar-refractivity contribution in [3.63, 3.8) is 0 Å². The van der Waals surface area contributed by atoms with Crippen molar-refractivity contribution in [2.75, 3.05) is 19.8 Å². The van der Waals surface area contributed by atoms with E-state index >= 15 is 0 Å². The molecule has 34 heavy (non-hydrogen) atoms. The lowest BCUT2D eigenvalue weighted by atomic mass is 10.0. The Labute approximate surface area is 195 Å². The van der Waals surface area contributed by atoms with Crippen LogP contribution in [0, 0.1) is 23.5 Å². The minimum Gasteiger partial charge on any atom is -0.479 e. The number of aliphatic hydroxyl groups is 3. The van der Waals surface area contributed by atoms with E-state index in [2.05, 4.69) is 16.8 Å². The summed E-state index contributed by atoms with van der Waals surface area (Å²) in [7, 11) is 0. The van der Waals surface area contributed by atoms with Gasteiger partial charge in [0.15, 0.2) is 23.5 Å². The topological polar surface area (TPSA) is 97.0 Å². The highest BCUT2D eigenvalue weighted by Gasteiger charge is 2.30. The van der Waals surface area contributed by atoms with E-state index in [4.69, 9.17) is 9.47 Å². The van der Waals surface area contributed by atoms with E-state index in [0.29, 0.717) is 22.5 Å². The van der Waals surface area contributed by atoms with Crippen molar-refractivity contribution in [1.82, 2.24) is 9.55 Å². The number of rotatable bonds is 6. The number of hydrogen-bond donors (Lipinski definition) is 3.